The van der Waals surface area contributed by atoms with E-state index in [1.54, 1.807) is 7.11 Å². The molecule has 0 heterocycles. The van der Waals surface area contributed by atoms with Gasteiger partial charge in [0.25, 0.3) is 0 Å². The summed E-state index contributed by atoms with van der Waals surface area (Å²) < 4.78 is 19.4. The van der Waals surface area contributed by atoms with Crippen LogP contribution in [0.15, 0.2) is 46.9 Å². The topological polar surface area (TPSA) is 35.2 Å². The highest BCUT2D eigenvalue weighted by Crippen LogP contribution is 2.27. The van der Waals surface area contributed by atoms with Crippen LogP contribution in [-0.2, 0) is 12.0 Å². The molecule has 0 saturated carbocycles. The molecule has 0 amide bonds. The van der Waals surface area contributed by atoms with Crippen LogP contribution in [0.3, 0.4) is 0 Å². The summed E-state index contributed by atoms with van der Waals surface area (Å²) >= 11 is 3.30. The zero-order valence-electron chi connectivity index (χ0n) is 11.5. The van der Waals surface area contributed by atoms with Crippen molar-refractivity contribution in [1.82, 2.24) is 0 Å². The van der Waals surface area contributed by atoms with E-state index in [-0.39, 0.29) is 5.82 Å². The molecule has 2 nitrogen and oxygen atoms in total. The minimum Gasteiger partial charge on any atom is -0.497 e. The predicted molar refractivity (Wildman–Crippen MR) is 82.3 cm³/mol. The standard InChI is InChI=1S/C16H17BrFNO/c1-16(19,12-4-3-5-15(8-12)20-2)10-11-6-13(17)9-14(18)7-11/h3-9H,10,19H2,1-2H3. The number of hydrogen-bond donors (Lipinski definition) is 1. The van der Waals surface area contributed by atoms with Crippen LogP contribution in [0.25, 0.3) is 0 Å². The first-order valence-electron chi connectivity index (χ1n) is 6.29. The van der Waals surface area contributed by atoms with E-state index in [2.05, 4.69) is 15.9 Å². The predicted octanol–water partition coefficient (Wildman–Crippen LogP) is 4.01. The lowest BCUT2D eigenvalue weighted by Crippen LogP contribution is -2.35. The number of methoxy groups -OCH3 is 1. The van der Waals surface area contributed by atoms with Gasteiger partial charge in [-0.3, -0.25) is 0 Å². The first-order chi connectivity index (χ1) is 9.40. The first kappa shape index (κ1) is 15.0. The number of rotatable bonds is 4. The lowest BCUT2D eigenvalue weighted by Gasteiger charge is -2.26. The molecule has 0 aromatic heterocycles. The minimum atomic E-state index is -0.595. The first-order valence-corrected chi connectivity index (χ1v) is 7.08. The number of ether oxygens (including phenoxy) is 1. The Bertz CT molecular complexity index is 593. The van der Waals surface area contributed by atoms with Crippen LogP contribution in [0.4, 0.5) is 4.39 Å². The molecular formula is C16H17BrFNO. The van der Waals surface area contributed by atoms with Gasteiger partial charge in [0.2, 0.25) is 0 Å². The number of hydrogen-bond acceptors (Lipinski definition) is 2. The number of nitrogens with two attached hydrogens (primary N) is 1. The molecule has 0 saturated heterocycles. The molecule has 4 heteroatoms. The van der Waals surface area contributed by atoms with Crippen molar-refractivity contribution in [1.29, 1.82) is 0 Å². The van der Waals surface area contributed by atoms with Crippen LogP contribution in [0.1, 0.15) is 18.1 Å². The fourth-order valence-corrected chi connectivity index (χ4v) is 2.73. The Morgan fingerprint density at radius 3 is 2.65 bits per heavy atom. The van der Waals surface area contributed by atoms with Crippen molar-refractivity contribution in [3.05, 3.63) is 63.9 Å². The second kappa shape index (κ2) is 5.94. The summed E-state index contributed by atoms with van der Waals surface area (Å²) in [7, 11) is 1.62. The van der Waals surface area contributed by atoms with E-state index in [4.69, 9.17) is 10.5 Å². The van der Waals surface area contributed by atoms with Crippen molar-refractivity contribution in [2.24, 2.45) is 5.73 Å². The van der Waals surface area contributed by atoms with Crippen molar-refractivity contribution >= 4 is 15.9 Å². The van der Waals surface area contributed by atoms with E-state index in [0.29, 0.717) is 10.9 Å². The third kappa shape index (κ3) is 3.58. The summed E-state index contributed by atoms with van der Waals surface area (Å²) in [5.74, 6) is 0.496. The van der Waals surface area contributed by atoms with Crippen molar-refractivity contribution in [2.75, 3.05) is 7.11 Å². The van der Waals surface area contributed by atoms with Gasteiger partial charge in [-0.2, -0.15) is 0 Å². The maximum absolute atomic E-state index is 13.4. The summed E-state index contributed by atoms with van der Waals surface area (Å²) in [5, 5.41) is 0. The van der Waals surface area contributed by atoms with Gasteiger partial charge in [-0.25, -0.2) is 4.39 Å². The van der Waals surface area contributed by atoms with Crippen LogP contribution in [0.5, 0.6) is 5.75 Å². The Hall–Kier alpha value is -1.39. The molecule has 2 N–H and O–H groups in total. The molecule has 0 bridgehead atoms. The second-order valence-electron chi connectivity index (χ2n) is 5.10. The van der Waals surface area contributed by atoms with E-state index >= 15 is 0 Å². The Kier molecular flexibility index (Phi) is 4.45. The summed E-state index contributed by atoms with van der Waals surface area (Å²) in [4.78, 5) is 0. The van der Waals surface area contributed by atoms with Crippen LogP contribution in [0, 0.1) is 5.82 Å². The van der Waals surface area contributed by atoms with E-state index < -0.39 is 5.54 Å². The Morgan fingerprint density at radius 2 is 2.00 bits per heavy atom. The maximum atomic E-state index is 13.4. The van der Waals surface area contributed by atoms with Gasteiger partial charge in [-0.05, 0) is 54.8 Å². The Balaban J connectivity index is 2.29. The average molecular weight is 338 g/mol. The zero-order chi connectivity index (χ0) is 14.8. The molecule has 0 aliphatic rings. The molecule has 2 rings (SSSR count). The van der Waals surface area contributed by atoms with Crippen LogP contribution >= 0.6 is 15.9 Å². The number of halogens is 2. The lowest BCUT2D eigenvalue weighted by atomic mass is 9.86. The number of benzene rings is 2. The summed E-state index contributed by atoms with van der Waals surface area (Å²) in [6.07, 6.45) is 0.538. The molecule has 0 aliphatic heterocycles. The van der Waals surface area contributed by atoms with Gasteiger partial charge < -0.3 is 10.5 Å². The lowest BCUT2D eigenvalue weighted by molar-refractivity contribution is 0.410. The van der Waals surface area contributed by atoms with Crippen LogP contribution in [-0.4, -0.2) is 7.11 Å². The quantitative estimate of drug-likeness (QED) is 0.914. The monoisotopic (exact) mass is 337 g/mol. The average Bonchev–Trinajstić information content (AvgIpc) is 2.37. The fraction of sp³-hybridized carbons (Fsp3) is 0.250. The van der Waals surface area contributed by atoms with E-state index in [9.17, 15) is 4.39 Å². The van der Waals surface area contributed by atoms with Gasteiger partial charge in [-0.1, -0.05) is 28.1 Å². The van der Waals surface area contributed by atoms with E-state index in [0.717, 1.165) is 16.9 Å². The maximum Gasteiger partial charge on any atom is 0.124 e. The highest BCUT2D eigenvalue weighted by molar-refractivity contribution is 9.10. The molecule has 0 fully saturated rings. The minimum absolute atomic E-state index is 0.268. The van der Waals surface area contributed by atoms with Gasteiger partial charge >= 0.3 is 0 Å². The Morgan fingerprint density at radius 1 is 1.25 bits per heavy atom. The summed E-state index contributed by atoms with van der Waals surface area (Å²) in [6.45, 7) is 1.93. The highest BCUT2D eigenvalue weighted by atomic mass is 79.9. The molecule has 0 aliphatic carbocycles. The van der Waals surface area contributed by atoms with Gasteiger partial charge in [-0.15, -0.1) is 0 Å². The van der Waals surface area contributed by atoms with Gasteiger partial charge in [0, 0.05) is 10.0 Å². The Labute approximate surface area is 126 Å². The normalized spacial score (nSPS) is 13.8. The molecule has 1 atom stereocenters. The molecule has 0 radical (unpaired) electrons. The molecule has 20 heavy (non-hydrogen) atoms. The second-order valence-corrected chi connectivity index (χ2v) is 6.02. The van der Waals surface area contributed by atoms with Crippen LogP contribution < -0.4 is 10.5 Å². The third-order valence-electron chi connectivity index (χ3n) is 3.22. The van der Waals surface area contributed by atoms with Crippen LogP contribution in [0.2, 0.25) is 0 Å². The van der Waals surface area contributed by atoms with Crippen molar-refractivity contribution in [3.63, 3.8) is 0 Å². The molecular weight excluding hydrogens is 321 g/mol. The molecule has 1 unspecified atom stereocenters. The third-order valence-corrected chi connectivity index (χ3v) is 3.68. The van der Waals surface area contributed by atoms with Crippen molar-refractivity contribution < 1.29 is 9.13 Å². The summed E-state index contributed by atoms with van der Waals surface area (Å²) in [6, 6.07) is 12.5. The van der Waals surface area contributed by atoms with E-state index in [1.807, 2.05) is 37.3 Å². The SMILES string of the molecule is COc1cccc(C(C)(N)Cc2cc(F)cc(Br)c2)c1. The zero-order valence-corrected chi connectivity index (χ0v) is 13.1. The molecule has 106 valence electrons. The molecule has 2 aromatic rings. The summed E-state index contributed by atoms with van der Waals surface area (Å²) in [5.41, 5.74) is 7.61. The van der Waals surface area contributed by atoms with E-state index in [1.165, 1.54) is 12.1 Å². The van der Waals surface area contributed by atoms with Gasteiger partial charge in [0.1, 0.15) is 11.6 Å². The fourth-order valence-electron chi connectivity index (χ4n) is 2.22. The smallest absolute Gasteiger partial charge is 0.124 e. The largest absolute Gasteiger partial charge is 0.497 e. The van der Waals surface area contributed by atoms with Crippen molar-refractivity contribution in [3.8, 4) is 5.75 Å². The van der Waals surface area contributed by atoms with Crippen molar-refractivity contribution in [2.45, 2.75) is 18.9 Å². The van der Waals surface area contributed by atoms with Gasteiger partial charge in [0.15, 0.2) is 0 Å². The van der Waals surface area contributed by atoms with Gasteiger partial charge in [0.05, 0.1) is 7.11 Å². The molecule has 2 aromatic carbocycles. The molecule has 0 spiro atoms. The highest BCUT2D eigenvalue weighted by Gasteiger charge is 2.22.